The van der Waals surface area contributed by atoms with E-state index in [9.17, 15) is 9.59 Å². The lowest BCUT2D eigenvalue weighted by Gasteiger charge is -2.23. The second-order valence-corrected chi connectivity index (χ2v) is 5.59. The van der Waals surface area contributed by atoms with Crippen molar-refractivity contribution >= 4 is 11.7 Å². The van der Waals surface area contributed by atoms with Crippen LogP contribution >= 0.6 is 0 Å². The van der Waals surface area contributed by atoms with Gasteiger partial charge in [0.15, 0.2) is 5.78 Å². The third-order valence-corrected chi connectivity index (χ3v) is 2.74. The first-order valence-corrected chi connectivity index (χ1v) is 5.43. The zero-order chi connectivity index (χ0) is 12.3. The Morgan fingerprint density at radius 2 is 1.53 bits per heavy atom. The van der Waals surface area contributed by atoms with E-state index < -0.39 is 5.41 Å². The summed E-state index contributed by atoms with van der Waals surface area (Å²) in [5.74, 6) is 0.00496. The molecule has 0 unspecified atom stereocenters. The first-order valence-electron chi connectivity index (χ1n) is 5.43. The van der Waals surface area contributed by atoms with Crippen LogP contribution in [0.1, 0.15) is 48.0 Å². The van der Waals surface area contributed by atoms with E-state index in [0.29, 0.717) is 0 Å². The molecule has 0 aromatic heterocycles. The maximum atomic E-state index is 11.7. The molecule has 3 heteroatoms. The Labute approximate surface area is 92.6 Å². The Morgan fingerprint density at radius 1 is 1.07 bits per heavy atom. The topological polar surface area (TPSA) is 46.2 Å². The number of carbonyl (C=O) groups is 2. The molecule has 0 saturated carbocycles. The summed E-state index contributed by atoms with van der Waals surface area (Å²) in [6.45, 7) is 11.4. The van der Waals surface area contributed by atoms with Crippen LogP contribution in [0.2, 0.25) is 0 Å². The fourth-order valence-corrected chi connectivity index (χ4v) is 0.826. The zero-order valence-electron chi connectivity index (χ0n) is 10.7. The number of nitrogens with one attached hydrogen (secondary N) is 1. The molecule has 0 aliphatic rings. The number of carbonyl (C=O) groups excluding carboxylic acids is 2. The van der Waals surface area contributed by atoms with Crippen molar-refractivity contribution in [1.29, 1.82) is 0 Å². The van der Waals surface area contributed by atoms with Gasteiger partial charge in [-0.3, -0.25) is 9.59 Å². The van der Waals surface area contributed by atoms with Gasteiger partial charge in [0.05, 0.1) is 6.54 Å². The summed E-state index contributed by atoms with van der Waals surface area (Å²) in [4.78, 5) is 23.2. The Kier molecular flexibility index (Phi) is 4.50. The summed E-state index contributed by atoms with van der Waals surface area (Å²) < 4.78 is 0. The molecule has 0 fully saturated rings. The van der Waals surface area contributed by atoms with E-state index in [0.717, 1.165) is 6.42 Å². The molecule has 1 N–H and O–H groups in total. The van der Waals surface area contributed by atoms with Crippen molar-refractivity contribution in [2.24, 2.45) is 10.8 Å². The third-order valence-electron chi connectivity index (χ3n) is 2.74. The van der Waals surface area contributed by atoms with E-state index in [2.05, 4.69) is 5.32 Å². The minimum absolute atomic E-state index is 0.0531. The van der Waals surface area contributed by atoms with E-state index in [4.69, 9.17) is 0 Å². The second-order valence-electron chi connectivity index (χ2n) is 5.59. The molecular formula is C12H23NO2. The highest BCUT2D eigenvalue weighted by Crippen LogP contribution is 2.19. The summed E-state index contributed by atoms with van der Waals surface area (Å²) in [5, 5.41) is 2.69. The summed E-state index contributed by atoms with van der Waals surface area (Å²) in [6.07, 6.45) is 0.766. The standard InChI is InChI=1S/C12H23NO2/c1-7-12(5,6)10(15)13-8-9(14)11(2,3)4/h7-8H2,1-6H3,(H,13,15). The summed E-state index contributed by atoms with van der Waals surface area (Å²) in [6, 6.07) is 0. The first-order chi connectivity index (χ1) is 6.61. The van der Waals surface area contributed by atoms with E-state index in [1.54, 1.807) is 0 Å². The lowest BCUT2D eigenvalue weighted by atomic mass is 9.88. The normalized spacial score (nSPS) is 12.4. The van der Waals surface area contributed by atoms with Gasteiger partial charge in [-0.1, -0.05) is 41.5 Å². The highest BCUT2D eigenvalue weighted by molar-refractivity contribution is 5.90. The van der Waals surface area contributed by atoms with Gasteiger partial charge in [0.1, 0.15) is 0 Å². The van der Waals surface area contributed by atoms with Crippen molar-refractivity contribution in [3.63, 3.8) is 0 Å². The molecule has 0 aromatic rings. The van der Waals surface area contributed by atoms with Crippen LogP contribution in [0.15, 0.2) is 0 Å². The minimum atomic E-state index is -0.391. The smallest absolute Gasteiger partial charge is 0.226 e. The molecule has 0 saturated heterocycles. The van der Waals surface area contributed by atoms with Crippen LogP contribution in [-0.4, -0.2) is 18.2 Å². The third kappa shape index (κ3) is 4.45. The molecule has 0 aliphatic carbocycles. The van der Waals surface area contributed by atoms with Crippen LogP contribution in [-0.2, 0) is 9.59 Å². The highest BCUT2D eigenvalue weighted by Gasteiger charge is 2.27. The Hall–Kier alpha value is -0.860. The zero-order valence-corrected chi connectivity index (χ0v) is 10.7. The number of hydrogen-bond donors (Lipinski definition) is 1. The monoisotopic (exact) mass is 213 g/mol. The molecule has 0 bridgehead atoms. The molecule has 0 aliphatic heterocycles. The molecule has 0 spiro atoms. The highest BCUT2D eigenvalue weighted by atomic mass is 16.2. The van der Waals surface area contributed by atoms with Crippen molar-refractivity contribution in [3.05, 3.63) is 0 Å². The van der Waals surface area contributed by atoms with E-state index in [-0.39, 0.29) is 23.7 Å². The average Bonchev–Trinajstić information content (AvgIpc) is 2.11. The molecule has 0 aromatic carbocycles. The van der Waals surface area contributed by atoms with Crippen LogP contribution in [0.25, 0.3) is 0 Å². The maximum absolute atomic E-state index is 11.7. The molecule has 0 rings (SSSR count). The largest absolute Gasteiger partial charge is 0.349 e. The predicted molar refractivity (Wildman–Crippen MR) is 61.5 cm³/mol. The molecule has 0 atom stereocenters. The van der Waals surface area contributed by atoms with Crippen molar-refractivity contribution in [1.82, 2.24) is 5.32 Å². The fraction of sp³-hybridized carbons (Fsp3) is 0.833. The summed E-state index contributed by atoms with van der Waals surface area (Å²) in [5.41, 5.74) is -0.776. The van der Waals surface area contributed by atoms with E-state index in [1.807, 2.05) is 41.5 Å². The number of ketones is 1. The Balaban J connectivity index is 4.20. The molecule has 88 valence electrons. The SMILES string of the molecule is CCC(C)(C)C(=O)NCC(=O)C(C)(C)C. The van der Waals surface area contributed by atoms with Gasteiger partial charge in [0, 0.05) is 10.8 Å². The quantitative estimate of drug-likeness (QED) is 0.777. The predicted octanol–water partition coefficient (Wildman–Crippen LogP) is 2.15. The number of rotatable bonds is 4. The van der Waals surface area contributed by atoms with Crippen LogP contribution in [0.5, 0.6) is 0 Å². The number of hydrogen-bond acceptors (Lipinski definition) is 2. The van der Waals surface area contributed by atoms with Gasteiger partial charge in [0.2, 0.25) is 5.91 Å². The van der Waals surface area contributed by atoms with Crippen molar-refractivity contribution in [2.45, 2.75) is 48.0 Å². The number of amides is 1. The van der Waals surface area contributed by atoms with Gasteiger partial charge in [-0.2, -0.15) is 0 Å². The van der Waals surface area contributed by atoms with Crippen LogP contribution in [0, 0.1) is 10.8 Å². The molecule has 0 heterocycles. The lowest BCUT2D eigenvalue weighted by Crippen LogP contribution is -2.41. The lowest BCUT2D eigenvalue weighted by molar-refractivity contribution is -0.133. The van der Waals surface area contributed by atoms with Gasteiger partial charge >= 0.3 is 0 Å². The van der Waals surface area contributed by atoms with Gasteiger partial charge in [-0.25, -0.2) is 0 Å². The van der Waals surface area contributed by atoms with E-state index >= 15 is 0 Å². The number of Topliss-reactive ketones (excluding diaryl/α,β-unsaturated/α-hetero) is 1. The molecule has 1 amide bonds. The van der Waals surface area contributed by atoms with Gasteiger partial charge in [-0.05, 0) is 6.42 Å². The van der Waals surface area contributed by atoms with Crippen molar-refractivity contribution < 1.29 is 9.59 Å². The molecule has 15 heavy (non-hydrogen) atoms. The summed E-state index contributed by atoms with van der Waals surface area (Å²) >= 11 is 0. The van der Waals surface area contributed by atoms with Gasteiger partial charge in [0.25, 0.3) is 0 Å². The fourth-order valence-electron chi connectivity index (χ4n) is 0.826. The Morgan fingerprint density at radius 3 is 1.87 bits per heavy atom. The van der Waals surface area contributed by atoms with Gasteiger partial charge < -0.3 is 5.32 Å². The second kappa shape index (κ2) is 4.77. The minimum Gasteiger partial charge on any atom is -0.349 e. The molecular weight excluding hydrogens is 190 g/mol. The van der Waals surface area contributed by atoms with Gasteiger partial charge in [-0.15, -0.1) is 0 Å². The maximum Gasteiger partial charge on any atom is 0.226 e. The molecule has 0 radical (unpaired) electrons. The Bertz CT molecular complexity index is 249. The molecule has 3 nitrogen and oxygen atoms in total. The van der Waals surface area contributed by atoms with Crippen LogP contribution in [0.3, 0.4) is 0 Å². The van der Waals surface area contributed by atoms with Crippen LogP contribution < -0.4 is 5.32 Å². The summed E-state index contributed by atoms with van der Waals surface area (Å²) in [7, 11) is 0. The van der Waals surface area contributed by atoms with E-state index in [1.165, 1.54) is 0 Å². The van der Waals surface area contributed by atoms with Crippen molar-refractivity contribution in [2.75, 3.05) is 6.54 Å². The van der Waals surface area contributed by atoms with Crippen molar-refractivity contribution in [3.8, 4) is 0 Å². The van der Waals surface area contributed by atoms with Crippen LogP contribution in [0.4, 0.5) is 0 Å². The average molecular weight is 213 g/mol. The first kappa shape index (κ1) is 14.1.